The van der Waals surface area contributed by atoms with Gasteiger partial charge in [0.05, 0.1) is 0 Å². The number of hydrogen-bond acceptors (Lipinski definition) is 4. The molecule has 0 atom stereocenters. The standard InChI is InChI=1S/C12H21N3O/c1-13-9-8-11-14-15-12(16-11)10-6-4-2-3-5-7-10/h10,13H,2-9H2,1H3. The third-order valence-corrected chi connectivity index (χ3v) is 3.28. The van der Waals surface area contributed by atoms with E-state index in [0.717, 1.165) is 24.7 Å². The van der Waals surface area contributed by atoms with E-state index < -0.39 is 0 Å². The van der Waals surface area contributed by atoms with Gasteiger partial charge in [-0.1, -0.05) is 25.7 Å². The Hall–Kier alpha value is -0.900. The summed E-state index contributed by atoms with van der Waals surface area (Å²) in [6.07, 6.45) is 8.59. The lowest BCUT2D eigenvalue weighted by Crippen LogP contribution is -2.10. The van der Waals surface area contributed by atoms with Crippen LogP contribution in [-0.2, 0) is 6.42 Å². The smallest absolute Gasteiger partial charge is 0.219 e. The van der Waals surface area contributed by atoms with Crippen LogP contribution >= 0.6 is 0 Å². The summed E-state index contributed by atoms with van der Waals surface area (Å²) >= 11 is 0. The number of rotatable bonds is 4. The molecular formula is C12H21N3O. The van der Waals surface area contributed by atoms with E-state index >= 15 is 0 Å². The first-order chi connectivity index (χ1) is 7.90. The maximum Gasteiger partial charge on any atom is 0.219 e. The van der Waals surface area contributed by atoms with Gasteiger partial charge in [0.25, 0.3) is 0 Å². The monoisotopic (exact) mass is 223 g/mol. The van der Waals surface area contributed by atoms with E-state index in [1.165, 1.54) is 38.5 Å². The van der Waals surface area contributed by atoms with Gasteiger partial charge in [-0.15, -0.1) is 10.2 Å². The van der Waals surface area contributed by atoms with Crippen molar-refractivity contribution in [3.8, 4) is 0 Å². The van der Waals surface area contributed by atoms with Gasteiger partial charge in [-0.25, -0.2) is 0 Å². The summed E-state index contributed by atoms with van der Waals surface area (Å²) in [7, 11) is 1.93. The Kier molecular flexibility index (Phi) is 4.34. The molecule has 1 aliphatic rings. The quantitative estimate of drug-likeness (QED) is 0.795. The summed E-state index contributed by atoms with van der Waals surface area (Å²) in [6.45, 7) is 0.895. The second-order valence-electron chi connectivity index (χ2n) is 4.58. The molecule has 1 fully saturated rings. The minimum absolute atomic E-state index is 0.512. The highest BCUT2D eigenvalue weighted by Gasteiger charge is 2.19. The van der Waals surface area contributed by atoms with E-state index in [1.54, 1.807) is 0 Å². The zero-order valence-electron chi connectivity index (χ0n) is 10.0. The molecule has 1 saturated carbocycles. The second-order valence-corrected chi connectivity index (χ2v) is 4.58. The SMILES string of the molecule is CNCCc1nnc(C2CCCCCC2)o1. The molecule has 0 saturated heterocycles. The minimum atomic E-state index is 0.512. The molecular weight excluding hydrogens is 202 g/mol. The van der Waals surface area contributed by atoms with Crippen molar-refractivity contribution in [3.63, 3.8) is 0 Å². The van der Waals surface area contributed by atoms with Crippen molar-refractivity contribution in [2.45, 2.75) is 50.9 Å². The van der Waals surface area contributed by atoms with Crippen LogP contribution < -0.4 is 5.32 Å². The van der Waals surface area contributed by atoms with Gasteiger partial charge >= 0.3 is 0 Å². The Labute approximate surface area is 96.8 Å². The van der Waals surface area contributed by atoms with Gasteiger partial charge in [-0.05, 0) is 19.9 Å². The molecule has 1 aliphatic carbocycles. The Morgan fingerprint density at radius 3 is 2.62 bits per heavy atom. The second kappa shape index (κ2) is 5.99. The predicted octanol–water partition coefficient (Wildman–Crippen LogP) is 2.27. The van der Waals surface area contributed by atoms with E-state index in [0.29, 0.717) is 5.92 Å². The molecule has 1 N–H and O–H groups in total. The van der Waals surface area contributed by atoms with Crippen molar-refractivity contribution in [2.24, 2.45) is 0 Å². The van der Waals surface area contributed by atoms with Crippen LogP contribution in [0, 0.1) is 0 Å². The first kappa shape index (κ1) is 11.6. The molecule has 0 aromatic carbocycles. The van der Waals surface area contributed by atoms with Gasteiger partial charge in [0.2, 0.25) is 11.8 Å². The van der Waals surface area contributed by atoms with E-state index in [-0.39, 0.29) is 0 Å². The van der Waals surface area contributed by atoms with Crippen molar-refractivity contribution in [3.05, 3.63) is 11.8 Å². The molecule has 0 radical (unpaired) electrons. The van der Waals surface area contributed by atoms with E-state index in [9.17, 15) is 0 Å². The molecule has 0 aliphatic heterocycles. The summed E-state index contributed by atoms with van der Waals surface area (Å²) in [4.78, 5) is 0. The van der Waals surface area contributed by atoms with Crippen LogP contribution in [0.5, 0.6) is 0 Å². The fraction of sp³-hybridized carbons (Fsp3) is 0.833. The summed E-state index contributed by atoms with van der Waals surface area (Å²) in [6, 6.07) is 0. The van der Waals surface area contributed by atoms with Crippen LogP contribution in [0.3, 0.4) is 0 Å². The highest BCUT2D eigenvalue weighted by Crippen LogP contribution is 2.30. The van der Waals surface area contributed by atoms with Crippen LogP contribution in [0.2, 0.25) is 0 Å². The van der Waals surface area contributed by atoms with Crippen molar-refractivity contribution in [1.29, 1.82) is 0 Å². The maximum absolute atomic E-state index is 5.72. The molecule has 4 nitrogen and oxygen atoms in total. The molecule has 16 heavy (non-hydrogen) atoms. The summed E-state index contributed by atoms with van der Waals surface area (Å²) in [5.74, 6) is 2.15. The van der Waals surface area contributed by atoms with Gasteiger partial charge in [-0.3, -0.25) is 0 Å². The highest BCUT2D eigenvalue weighted by atomic mass is 16.4. The minimum Gasteiger partial charge on any atom is -0.425 e. The zero-order valence-corrected chi connectivity index (χ0v) is 10.0. The van der Waals surface area contributed by atoms with Crippen LogP contribution in [0.1, 0.15) is 56.2 Å². The van der Waals surface area contributed by atoms with Gasteiger partial charge in [-0.2, -0.15) is 0 Å². The van der Waals surface area contributed by atoms with Crippen molar-refractivity contribution < 1.29 is 4.42 Å². The molecule has 1 aromatic rings. The topological polar surface area (TPSA) is 51.0 Å². The molecule has 4 heteroatoms. The molecule has 0 amide bonds. The van der Waals surface area contributed by atoms with Crippen LogP contribution in [0.25, 0.3) is 0 Å². The van der Waals surface area contributed by atoms with Gasteiger partial charge in [0.15, 0.2) is 0 Å². The Balaban J connectivity index is 1.94. The maximum atomic E-state index is 5.72. The normalized spacial score (nSPS) is 18.6. The van der Waals surface area contributed by atoms with Crippen LogP contribution in [0.4, 0.5) is 0 Å². The number of nitrogens with zero attached hydrogens (tertiary/aromatic N) is 2. The fourth-order valence-corrected chi connectivity index (χ4v) is 2.29. The van der Waals surface area contributed by atoms with Crippen LogP contribution in [-0.4, -0.2) is 23.8 Å². The summed E-state index contributed by atoms with van der Waals surface area (Å²) in [5.41, 5.74) is 0. The van der Waals surface area contributed by atoms with Gasteiger partial charge < -0.3 is 9.73 Å². The Morgan fingerprint density at radius 2 is 1.94 bits per heavy atom. The fourth-order valence-electron chi connectivity index (χ4n) is 2.29. The van der Waals surface area contributed by atoms with Gasteiger partial charge in [0.1, 0.15) is 0 Å². The largest absolute Gasteiger partial charge is 0.425 e. The molecule has 0 bridgehead atoms. The van der Waals surface area contributed by atoms with E-state index in [2.05, 4.69) is 15.5 Å². The summed E-state index contributed by atoms with van der Waals surface area (Å²) < 4.78 is 5.72. The van der Waals surface area contributed by atoms with E-state index in [1.807, 2.05) is 7.05 Å². The number of likely N-dealkylation sites (N-methyl/N-ethyl adjacent to an activating group) is 1. The molecule has 1 aromatic heterocycles. The first-order valence-electron chi connectivity index (χ1n) is 6.37. The van der Waals surface area contributed by atoms with E-state index in [4.69, 9.17) is 4.42 Å². The average Bonchev–Trinajstić information content (AvgIpc) is 2.60. The summed E-state index contributed by atoms with van der Waals surface area (Å²) in [5, 5.41) is 11.4. The lowest BCUT2D eigenvalue weighted by molar-refractivity contribution is 0.393. The molecule has 90 valence electrons. The van der Waals surface area contributed by atoms with Crippen molar-refractivity contribution >= 4 is 0 Å². The number of hydrogen-bond donors (Lipinski definition) is 1. The van der Waals surface area contributed by atoms with Crippen molar-refractivity contribution in [1.82, 2.24) is 15.5 Å². The first-order valence-corrected chi connectivity index (χ1v) is 6.37. The third kappa shape index (κ3) is 3.04. The predicted molar refractivity (Wildman–Crippen MR) is 62.4 cm³/mol. The van der Waals surface area contributed by atoms with Crippen LogP contribution in [0.15, 0.2) is 4.42 Å². The highest BCUT2D eigenvalue weighted by molar-refractivity contribution is 4.92. The Morgan fingerprint density at radius 1 is 1.19 bits per heavy atom. The molecule has 1 heterocycles. The van der Waals surface area contributed by atoms with Crippen molar-refractivity contribution in [2.75, 3.05) is 13.6 Å². The lowest BCUT2D eigenvalue weighted by atomic mass is 10.0. The number of nitrogens with one attached hydrogen (secondary N) is 1. The van der Waals surface area contributed by atoms with Gasteiger partial charge in [0, 0.05) is 18.9 Å². The average molecular weight is 223 g/mol. The lowest BCUT2D eigenvalue weighted by Gasteiger charge is -2.07. The molecule has 0 unspecified atom stereocenters. The Bertz CT molecular complexity index is 303. The number of aromatic nitrogens is 2. The molecule has 2 rings (SSSR count). The third-order valence-electron chi connectivity index (χ3n) is 3.28. The zero-order chi connectivity index (χ0) is 11.2. The molecule has 0 spiro atoms.